The number of guanidine groups is 1. The molecule has 0 bridgehead atoms. The van der Waals surface area contributed by atoms with Crippen molar-refractivity contribution in [2.24, 2.45) is 22.4 Å². The Morgan fingerprint density at radius 3 is 2.08 bits per heavy atom. The summed E-state index contributed by atoms with van der Waals surface area (Å²) in [4.78, 5) is 65.1. The van der Waals surface area contributed by atoms with Crippen LogP contribution < -0.4 is 32.7 Å². The molecule has 0 aliphatic carbocycles. The summed E-state index contributed by atoms with van der Waals surface area (Å²) < 4.78 is 0. The third-order valence-electron chi connectivity index (χ3n) is 5.56. The maximum atomic E-state index is 13.1. The molecule has 1 rings (SSSR count). The number of carboxylic acid groups (broad SMARTS) is 2. The number of hydrogen-bond acceptors (Lipinski definition) is 7. The van der Waals surface area contributed by atoms with Crippen molar-refractivity contribution in [3.8, 4) is 0 Å². The first kappa shape index (κ1) is 30.6. The highest BCUT2D eigenvalue weighted by Crippen LogP contribution is 2.09. The number of rotatable bonds is 16. The Labute approximate surface area is 210 Å². The van der Waals surface area contributed by atoms with Crippen LogP contribution in [0.15, 0.2) is 4.99 Å². The second-order valence-electron chi connectivity index (χ2n) is 9.18. The highest BCUT2D eigenvalue weighted by Gasteiger charge is 2.31. The zero-order valence-corrected chi connectivity index (χ0v) is 20.8. The minimum atomic E-state index is -1.21. The summed E-state index contributed by atoms with van der Waals surface area (Å²) in [7, 11) is 0. The Kier molecular flexibility index (Phi) is 13.2. The van der Waals surface area contributed by atoms with Gasteiger partial charge in [-0.25, -0.2) is 4.79 Å². The first-order valence-electron chi connectivity index (χ1n) is 12.0. The topological polar surface area (TPSA) is 238 Å². The number of carbonyl (C=O) groups excluding carboxylic acids is 3. The van der Waals surface area contributed by atoms with Gasteiger partial charge in [-0.05, 0) is 51.0 Å². The molecule has 0 radical (unpaired) electrons. The number of carboxylic acids is 2. The van der Waals surface area contributed by atoms with Crippen LogP contribution in [-0.2, 0) is 24.0 Å². The predicted molar refractivity (Wildman–Crippen MR) is 131 cm³/mol. The molecule has 0 aromatic rings. The van der Waals surface area contributed by atoms with E-state index in [1.165, 1.54) is 0 Å². The van der Waals surface area contributed by atoms with Crippen molar-refractivity contribution < 1.29 is 34.2 Å². The van der Waals surface area contributed by atoms with Crippen LogP contribution >= 0.6 is 0 Å². The Bertz CT molecular complexity index is 809. The minimum absolute atomic E-state index is 0.0129. The van der Waals surface area contributed by atoms with Crippen LogP contribution in [-0.4, -0.2) is 83.1 Å². The molecule has 4 unspecified atom stereocenters. The molecule has 204 valence electrons. The van der Waals surface area contributed by atoms with Gasteiger partial charge in [0, 0.05) is 13.0 Å². The van der Waals surface area contributed by atoms with Crippen molar-refractivity contribution in [1.29, 1.82) is 0 Å². The van der Waals surface area contributed by atoms with Crippen molar-refractivity contribution >= 4 is 35.6 Å². The molecule has 14 nitrogen and oxygen atoms in total. The summed E-state index contributed by atoms with van der Waals surface area (Å²) >= 11 is 0. The molecule has 1 saturated heterocycles. The fraction of sp³-hybridized carbons (Fsp3) is 0.727. The maximum Gasteiger partial charge on any atom is 0.326 e. The summed E-state index contributed by atoms with van der Waals surface area (Å²) in [6, 6.07) is -4.01. The Morgan fingerprint density at radius 2 is 1.58 bits per heavy atom. The lowest BCUT2D eigenvalue weighted by Crippen LogP contribution is -2.57. The molecule has 0 spiro atoms. The van der Waals surface area contributed by atoms with Crippen molar-refractivity contribution in [1.82, 2.24) is 21.3 Å². The highest BCUT2D eigenvalue weighted by molar-refractivity contribution is 5.94. The second-order valence-corrected chi connectivity index (χ2v) is 9.18. The Hall–Kier alpha value is -3.42. The van der Waals surface area contributed by atoms with E-state index in [1.54, 1.807) is 0 Å². The van der Waals surface area contributed by atoms with E-state index in [1.807, 2.05) is 13.8 Å². The van der Waals surface area contributed by atoms with Crippen LogP contribution in [0, 0.1) is 5.92 Å². The Morgan fingerprint density at radius 1 is 0.972 bits per heavy atom. The number of nitrogens with zero attached hydrogens (tertiary/aromatic N) is 1. The molecule has 36 heavy (non-hydrogen) atoms. The molecular weight excluding hydrogens is 474 g/mol. The number of hydrogen-bond donors (Lipinski definition) is 8. The van der Waals surface area contributed by atoms with Crippen LogP contribution in [0.25, 0.3) is 0 Å². The number of aliphatic imine (C=N–C) groups is 1. The van der Waals surface area contributed by atoms with Crippen molar-refractivity contribution in [3.05, 3.63) is 0 Å². The van der Waals surface area contributed by atoms with E-state index in [9.17, 15) is 29.1 Å². The van der Waals surface area contributed by atoms with E-state index in [2.05, 4.69) is 26.3 Å². The lowest BCUT2D eigenvalue weighted by atomic mass is 10.0. The fourth-order valence-corrected chi connectivity index (χ4v) is 3.73. The quantitative estimate of drug-likeness (QED) is 0.0657. The molecule has 14 heteroatoms. The fourth-order valence-electron chi connectivity index (χ4n) is 3.73. The molecule has 1 heterocycles. The standard InChI is InChI=1S/C22H39N7O7/c1-12(2)11-16(21(35)36)29-19(33)14(6-4-10-26-22(23)24)27-20(34)15(7-8-17(30)31)28-18(32)13-5-3-9-25-13/h12-16,25H,3-11H2,1-2H3,(H,27,34)(H,28,32)(H,29,33)(H,30,31)(H,35,36)(H4,23,24,26). The minimum Gasteiger partial charge on any atom is -0.481 e. The number of aliphatic carboxylic acids is 2. The van der Waals surface area contributed by atoms with E-state index < -0.39 is 53.8 Å². The van der Waals surface area contributed by atoms with Crippen molar-refractivity contribution in [2.45, 2.75) is 83.0 Å². The van der Waals surface area contributed by atoms with Crippen molar-refractivity contribution in [2.75, 3.05) is 13.1 Å². The van der Waals surface area contributed by atoms with Gasteiger partial charge in [0.15, 0.2) is 5.96 Å². The molecule has 3 amide bonds. The lowest BCUT2D eigenvalue weighted by molar-refractivity contribution is -0.142. The maximum absolute atomic E-state index is 13.1. The zero-order valence-electron chi connectivity index (χ0n) is 20.8. The van der Waals surface area contributed by atoms with Gasteiger partial charge in [0.25, 0.3) is 0 Å². The van der Waals surface area contributed by atoms with Gasteiger partial charge >= 0.3 is 11.9 Å². The van der Waals surface area contributed by atoms with Crippen LogP contribution in [0.2, 0.25) is 0 Å². The number of nitrogens with two attached hydrogens (primary N) is 2. The van der Waals surface area contributed by atoms with Crippen LogP contribution in [0.5, 0.6) is 0 Å². The average Bonchev–Trinajstić information content (AvgIpc) is 3.32. The van der Waals surface area contributed by atoms with Gasteiger partial charge in [-0.15, -0.1) is 0 Å². The molecule has 1 aliphatic rings. The predicted octanol–water partition coefficient (Wildman–Crippen LogP) is -1.76. The smallest absolute Gasteiger partial charge is 0.326 e. The van der Waals surface area contributed by atoms with E-state index >= 15 is 0 Å². The molecule has 0 aromatic heterocycles. The summed E-state index contributed by atoms with van der Waals surface area (Å²) in [6.45, 7) is 4.45. The van der Waals surface area contributed by atoms with Gasteiger partial charge in [0.2, 0.25) is 17.7 Å². The van der Waals surface area contributed by atoms with Crippen LogP contribution in [0.1, 0.15) is 58.8 Å². The number of nitrogens with one attached hydrogen (secondary N) is 4. The molecule has 1 fully saturated rings. The Balaban J connectivity index is 2.99. The van der Waals surface area contributed by atoms with E-state index in [0.717, 1.165) is 6.42 Å². The van der Waals surface area contributed by atoms with Crippen LogP contribution in [0.3, 0.4) is 0 Å². The van der Waals surface area contributed by atoms with Crippen molar-refractivity contribution in [3.63, 3.8) is 0 Å². The first-order chi connectivity index (χ1) is 16.9. The summed E-state index contributed by atoms with van der Waals surface area (Å²) in [6.07, 6.45) is 1.36. The summed E-state index contributed by atoms with van der Waals surface area (Å²) in [5.74, 6) is -4.42. The molecular formula is C22H39N7O7. The summed E-state index contributed by atoms with van der Waals surface area (Å²) in [5.41, 5.74) is 10.6. The van der Waals surface area contributed by atoms with Crippen LogP contribution in [0.4, 0.5) is 0 Å². The number of amides is 3. The molecule has 10 N–H and O–H groups in total. The number of carbonyl (C=O) groups is 5. The zero-order chi connectivity index (χ0) is 27.3. The monoisotopic (exact) mass is 513 g/mol. The lowest BCUT2D eigenvalue weighted by Gasteiger charge is -2.25. The van der Waals surface area contributed by atoms with Gasteiger partial charge in [0.05, 0.1) is 6.04 Å². The highest BCUT2D eigenvalue weighted by atomic mass is 16.4. The molecule has 0 aromatic carbocycles. The van der Waals surface area contributed by atoms with E-state index in [4.69, 9.17) is 16.6 Å². The average molecular weight is 514 g/mol. The third-order valence-corrected chi connectivity index (χ3v) is 5.56. The first-order valence-corrected chi connectivity index (χ1v) is 12.0. The van der Waals surface area contributed by atoms with E-state index in [-0.39, 0.29) is 50.5 Å². The SMILES string of the molecule is CC(C)CC(NC(=O)C(CCCN=C(N)N)NC(=O)C(CCC(=O)O)NC(=O)C1CCCN1)C(=O)O. The van der Waals surface area contributed by atoms with Gasteiger partial charge in [-0.3, -0.25) is 24.2 Å². The molecule has 4 atom stereocenters. The van der Waals surface area contributed by atoms with Gasteiger partial charge < -0.3 is 42.9 Å². The molecule has 1 aliphatic heterocycles. The van der Waals surface area contributed by atoms with Gasteiger partial charge in [-0.2, -0.15) is 0 Å². The second kappa shape index (κ2) is 15.5. The normalized spacial score (nSPS) is 17.5. The molecule has 0 saturated carbocycles. The van der Waals surface area contributed by atoms with Gasteiger partial charge in [0.1, 0.15) is 18.1 Å². The largest absolute Gasteiger partial charge is 0.481 e. The third kappa shape index (κ3) is 11.8. The van der Waals surface area contributed by atoms with Gasteiger partial charge in [-0.1, -0.05) is 13.8 Å². The summed E-state index contributed by atoms with van der Waals surface area (Å²) in [5, 5.41) is 29.1. The van der Waals surface area contributed by atoms with E-state index in [0.29, 0.717) is 13.0 Å².